The summed E-state index contributed by atoms with van der Waals surface area (Å²) >= 11 is 0. The number of methoxy groups -OCH3 is 4. The molecule has 0 saturated heterocycles. The zero-order chi connectivity index (χ0) is 17.8. The smallest absolute Gasteiger partial charge is 0.203 e. The van der Waals surface area contributed by atoms with Gasteiger partial charge in [0.05, 0.1) is 40.6 Å². The van der Waals surface area contributed by atoms with Crippen LogP contribution in [0.3, 0.4) is 0 Å². The third-order valence-corrected chi connectivity index (χ3v) is 4.24. The lowest BCUT2D eigenvalue weighted by atomic mass is 9.90. The molecule has 0 amide bonds. The van der Waals surface area contributed by atoms with Crippen LogP contribution in [0.25, 0.3) is 0 Å². The minimum atomic E-state index is -0.276. The Morgan fingerprint density at radius 1 is 0.800 bits per heavy atom. The average molecular weight is 343 g/mol. The van der Waals surface area contributed by atoms with Gasteiger partial charge in [0.2, 0.25) is 5.75 Å². The fraction of sp³-hybridized carbons (Fsp3) is 0.316. The van der Waals surface area contributed by atoms with E-state index in [1.807, 2.05) is 36.4 Å². The van der Waals surface area contributed by atoms with Gasteiger partial charge in [-0.15, -0.1) is 0 Å². The van der Waals surface area contributed by atoms with Gasteiger partial charge in [0.1, 0.15) is 5.75 Å². The molecule has 2 aromatic carbocycles. The monoisotopic (exact) mass is 343 g/mol. The van der Waals surface area contributed by atoms with Gasteiger partial charge in [-0.25, -0.2) is 0 Å². The minimum Gasteiger partial charge on any atom is -0.497 e. The van der Waals surface area contributed by atoms with E-state index in [0.717, 1.165) is 16.9 Å². The van der Waals surface area contributed by atoms with Crippen molar-refractivity contribution in [1.82, 2.24) is 0 Å². The topological polar surface area (TPSA) is 58.5 Å². The van der Waals surface area contributed by atoms with Crippen molar-refractivity contribution in [3.63, 3.8) is 0 Å². The molecular formula is C19H21NO5. The third kappa shape index (κ3) is 3.20. The summed E-state index contributed by atoms with van der Waals surface area (Å²) in [7, 11) is 6.41. The maximum Gasteiger partial charge on any atom is 0.203 e. The van der Waals surface area contributed by atoms with E-state index in [1.54, 1.807) is 34.7 Å². The van der Waals surface area contributed by atoms with Gasteiger partial charge >= 0.3 is 0 Å². The highest BCUT2D eigenvalue weighted by atomic mass is 16.6. The number of nitrogens with zero attached hydrogens (tertiary/aromatic N) is 1. The first-order valence-corrected chi connectivity index (χ1v) is 7.85. The summed E-state index contributed by atoms with van der Waals surface area (Å²) in [6, 6.07) is 11.6. The van der Waals surface area contributed by atoms with Crippen molar-refractivity contribution in [3.05, 3.63) is 47.5 Å². The van der Waals surface area contributed by atoms with Crippen molar-refractivity contribution in [2.24, 2.45) is 5.16 Å². The molecule has 2 aromatic rings. The number of hydrogen-bond donors (Lipinski definition) is 0. The molecule has 1 aliphatic heterocycles. The number of rotatable bonds is 6. The molecule has 0 bridgehead atoms. The maximum atomic E-state index is 5.62. The summed E-state index contributed by atoms with van der Waals surface area (Å²) in [5.41, 5.74) is 1.98. The Hall–Kier alpha value is -2.89. The van der Waals surface area contributed by atoms with Crippen LogP contribution in [0.2, 0.25) is 0 Å². The van der Waals surface area contributed by atoms with E-state index in [0.29, 0.717) is 17.2 Å². The minimum absolute atomic E-state index is 0.0197. The second-order valence-corrected chi connectivity index (χ2v) is 5.54. The largest absolute Gasteiger partial charge is 0.497 e. The highest BCUT2D eigenvalue weighted by molar-refractivity contribution is 5.71. The summed E-state index contributed by atoms with van der Waals surface area (Å²) in [6.45, 7) is 0. The van der Waals surface area contributed by atoms with Gasteiger partial charge < -0.3 is 23.8 Å². The van der Waals surface area contributed by atoms with Crippen LogP contribution >= 0.6 is 0 Å². The normalized spacial score (nSPS) is 18.6. The molecule has 0 aromatic heterocycles. The molecule has 6 heteroatoms. The molecule has 2 atom stereocenters. The summed E-state index contributed by atoms with van der Waals surface area (Å²) in [5, 5.41) is 4.03. The predicted octanol–water partition coefficient (Wildman–Crippen LogP) is 3.56. The van der Waals surface area contributed by atoms with Crippen molar-refractivity contribution in [2.45, 2.75) is 12.0 Å². The summed E-state index contributed by atoms with van der Waals surface area (Å²) in [6.07, 6.45) is 1.53. The van der Waals surface area contributed by atoms with E-state index in [1.165, 1.54) is 0 Å². The van der Waals surface area contributed by atoms with E-state index in [9.17, 15) is 0 Å². The molecule has 3 rings (SSSR count). The molecule has 2 unspecified atom stereocenters. The van der Waals surface area contributed by atoms with Crippen LogP contribution in [0, 0.1) is 0 Å². The maximum absolute atomic E-state index is 5.62. The first-order chi connectivity index (χ1) is 12.2. The van der Waals surface area contributed by atoms with Crippen LogP contribution in [0.15, 0.2) is 41.6 Å². The van der Waals surface area contributed by atoms with Crippen LogP contribution in [0.4, 0.5) is 0 Å². The summed E-state index contributed by atoms with van der Waals surface area (Å²) in [5.74, 6) is 2.51. The Kier molecular flexibility index (Phi) is 4.97. The Bertz CT molecular complexity index is 732. The lowest BCUT2D eigenvalue weighted by Crippen LogP contribution is -2.10. The molecule has 0 fully saturated rings. The Balaban J connectivity index is 1.97. The quantitative estimate of drug-likeness (QED) is 0.803. The number of hydrogen-bond acceptors (Lipinski definition) is 6. The molecule has 1 heterocycles. The fourth-order valence-electron chi connectivity index (χ4n) is 2.93. The van der Waals surface area contributed by atoms with Crippen LogP contribution in [-0.2, 0) is 4.84 Å². The highest BCUT2D eigenvalue weighted by Crippen LogP contribution is 2.44. The van der Waals surface area contributed by atoms with Gasteiger partial charge in [0, 0.05) is 5.56 Å². The van der Waals surface area contributed by atoms with E-state index < -0.39 is 0 Å². The molecule has 25 heavy (non-hydrogen) atoms. The predicted molar refractivity (Wildman–Crippen MR) is 94.2 cm³/mol. The zero-order valence-corrected chi connectivity index (χ0v) is 14.7. The first kappa shape index (κ1) is 17.0. The van der Waals surface area contributed by atoms with E-state index in [2.05, 4.69) is 5.16 Å². The Morgan fingerprint density at radius 2 is 1.44 bits per heavy atom. The summed E-state index contributed by atoms with van der Waals surface area (Å²) < 4.78 is 21.5. The SMILES string of the molecule is COc1ccc(C2C=NOC2c2cc(OC)c(OC)c(OC)c2)cc1. The van der Waals surface area contributed by atoms with Crippen molar-refractivity contribution in [1.29, 1.82) is 0 Å². The van der Waals surface area contributed by atoms with E-state index >= 15 is 0 Å². The molecule has 0 saturated carbocycles. The second kappa shape index (κ2) is 7.34. The Labute approximate surface area is 146 Å². The number of oxime groups is 1. The molecular weight excluding hydrogens is 322 g/mol. The van der Waals surface area contributed by atoms with E-state index in [4.69, 9.17) is 23.8 Å². The molecule has 0 aliphatic carbocycles. The average Bonchev–Trinajstić information content (AvgIpc) is 3.16. The number of benzene rings is 2. The summed E-state index contributed by atoms with van der Waals surface area (Å²) in [4.78, 5) is 5.62. The van der Waals surface area contributed by atoms with Gasteiger partial charge in [0.25, 0.3) is 0 Å². The highest BCUT2D eigenvalue weighted by Gasteiger charge is 2.31. The van der Waals surface area contributed by atoms with Crippen molar-refractivity contribution >= 4 is 6.21 Å². The van der Waals surface area contributed by atoms with Crippen LogP contribution in [0.1, 0.15) is 23.1 Å². The van der Waals surface area contributed by atoms with Gasteiger partial charge in [-0.1, -0.05) is 17.3 Å². The van der Waals surface area contributed by atoms with Crippen molar-refractivity contribution in [2.75, 3.05) is 28.4 Å². The van der Waals surface area contributed by atoms with Crippen molar-refractivity contribution in [3.8, 4) is 23.0 Å². The standard InChI is InChI=1S/C19H21NO5/c1-21-14-7-5-12(6-8-14)15-11-20-25-18(15)13-9-16(22-2)19(24-4)17(10-13)23-3/h5-11,15,18H,1-4H3. The van der Waals surface area contributed by atoms with Gasteiger partial charge in [0.15, 0.2) is 17.6 Å². The van der Waals surface area contributed by atoms with Crippen molar-refractivity contribution < 1.29 is 23.8 Å². The third-order valence-electron chi connectivity index (χ3n) is 4.24. The van der Waals surface area contributed by atoms with Crippen LogP contribution in [0.5, 0.6) is 23.0 Å². The molecule has 132 valence electrons. The molecule has 0 N–H and O–H groups in total. The molecule has 0 radical (unpaired) electrons. The fourth-order valence-corrected chi connectivity index (χ4v) is 2.93. The Morgan fingerprint density at radius 3 is 1.96 bits per heavy atom. The lowest BCUT2D eigenvalue weighted by Gasteiger charge is -2.20. The van der Waals surface area contributed by atoms with Gasteiger partial charge in [-0.2, -0.15) is 0 Å². The zero-order valence-electron chi connectivity index (χ0n) is 14.7. The lowest BCUT2D eigenvalue weighted by molar-refractivity contribution is 0.0758. The number of ether oxygens (including phenoxy) is 4. The first-order valence-electron chi connectivity index (χ1n) is 7.85. The second-order valence-electron chi connectivity index (χ2n) is 5.54. The van der Waals surface area contributed by atoms with E-state index in [-0.39, 0.29) is 12.0 Å². The van der Waals surface area contributed by atoms with Crippen LogP contribution < -0.4 is 18.9 Å². The molecule has 0 spiro atoms. The molecule has 1 aliphatic rings. The van der Waals surface area contributed by atoms with Gasteiger partial charge in [-0.05, 0) is 29.8 Å². The molecule has 6 nitrogen and oxygen atoms in total. The van der Waals surface area contributed by atoms with Crippen LogP contribution in [-0.4, -0.2) is 34.7 Å². The van der Waals surface area contributed by atoms with Gasteiger partial charge in [-0.3, -0.25) is 0 Å².